The first-order valence-electron chi connectivity index (χ1n) is 7.73. The highest BCUT2D eigenvalue weighted by Gasteiger charge is 2.30. The van der Waals surface area contributed by atoms with Gasteiger partial charge in [0.05, 0.1) is 5.56 Å². The second kappa shape index (κ2) is 6.55. The molecule has 1 heterocycles. The first kappa shape index (κ1) is 16.4. The highest BCUT2D eigenvalue weighted by Crippen LogP contribution is 2.30. The fraction of sp³-hybridized carbons (Fsp3) is 0.278. The molecule has 0 aliphatic carbocycles. The number of hydrogen-bond donors (Lipinski definition) is 1. The van der Waals surface area contributed by atoms with Crippen LogP contribution < -0.4 is 10.2 Å². The monoisotopic (exact) mass is 334 g/mol. The van der Waals surface area contributed by atoms with E-state index in [9.17, 15) is 18.0 Å². The Kier molecular flexibility index (Phi) is 4.46. The molecule has 0 spiro atoms. The summed E-state index contributed by atoms with van der Waals surface area (Å²) in [7, 11) is 0. The minimum absolute atomic E-state index is 0.209. The first-order chi connectivity index (χ1) is 11.4. The molecule has 3 rings (SSSR count). The summed E-state index contributed by atoms with van der Waals surface area (Å²) in [5, 5.41) is 2.64. The summed E-state index contributed by atoms with van der Waals surface area (Å²) in [5.74, 6) is -0.209. The molecule has 1 amide bonds. The number of para-hydroxylation sites is 1. The molecule has 126 valence electrons. The van der Waals surface area contributed by atoms with Gasteiger partial charge in [-0.25, -0.2) is 0 Å². The van der Waals surface area contributed by atoms with Gasteiger partial charge in [0.25, 0.3) is 0 Å². The maximum Gasteiger partial charge on any atom is 0.416 e. The van der Waals surface area contributed by atoms with Crippen LogP contribution in [0.2, 0.25) is 0 Å². The van der Waals surface area contributed by atoms with E-state index in [4.69, 9.17) is 0 Å². The van der Waals surface area contributed by atoms with Crippen molar-refractivity contribution in [3.05, 3.63) is 59.7 Å². The Hall–Kier alpha value is -2.50. The van der Waals surface area contributed by atoms with Crippen molar-refractivity contribution in [2.24, 2.45) is 0 Å². The van der Waals surface area contributed by atoms with Gasteiger partial charge in [0.15, 0.2) is 0 Å². The largest absolute Gasteiger partial charge is 0.416 e. The molecule has 2 aromatic rings. The van der Waals surface area contributed by atoms with Crippen LogP contribution in [0.4, 0.5) is 24.5 Å². The Morgan fingerprint density at radius 1 is 1.08 bits per heavy atom. The van der Waals surface area contributed by atoms with Gasteiger partial charge in [-0.3, -0.25) is 4.79 Å². The lowest BCUT2D eigenvalue weighted by Gasteiger charge is -2.19. The molecule has 1 N–H and O–H groups in total. The van der Waals surface area contributed by atoms with Crippen LogP contribution in [-0.2, 0) is 17.4 Å². The molecular weight excluding hydrogens is 317 g/mol. The third-order valence-corrected chi connectivity index (χ3v) is 4.09. The van der Waals surface area contributed by atoms with Crippen LogP contribution in [-0.4, -0.2) is 19.0 Å². The fourth-order valence-corrected chi connectivity index (χ4v) is 2.84. The van der Waals surface area contributed by atoms with Crippen LogP contribution >= 0.6 is 0 Å². The van der Waals surface area contributed by atoms with Crippen LogP contribution in [0.5, 0.6) is 0 Å². The standard InChI is InChI=1S/C18H17F3N2O/c19-18(20,21)14-5-7-15(8-6-14)22-17(24)10-12-23-11-9-13-3-1-2-4-16(13)23/h1-8H,9-12H2,(H,22,24). The van der Waals surface area contributed by atoms with E-state index in [2.05, 4.69) is 16.3 Å². The maximum atomic E-state index is 12.5. The molecule has 0 bridgehead atoms. The van der Waals surface area contributed by atoms with Crippen molar-refractivity contribution in [3.63, 3.8) is 0 Å². The van der Waals surface area contributed by atoms with E-state index in [0.717, 1.165) is 30.8 Å². The van der Waals surface area contributed by atoms with Crippen LogP contribution in [0.3, 0.4) is 0 Å². The Bertz CT molecular complexity index is 726. The number of alkyl halides is 3. The SMILES string of the molecule is O=C(CCN1CCc2ccccc21)Nc1ccc(C(F)(F)F)cc1. The van der Waals surface area contributed by atoms with Gasteiger partial charge in [-0.2, -0.15) is 13.2 Å². The van der Waals surface area contributed by atoms with E-state index in [-0.39, 0.29) is 12.3 Å². The topological polar surface area (TPSA) is 32.3 Å². The minimum Gasteiger partial charge on any atom is -0.370 e. The lowest BCUT2D eigenvalue weighted by atomic mass is 10.2. The fourth-order valence-electron chi connectivity index (χ4n) is 2.84. The molecule has 6 heteroatoms. The predicted octanol–water partition coefficient (Wildman–Crippen LogP) is 4.10. The zero-order valence-corrected chi connectivity index (χ0v) is 12.9. The third kappa shape index (κ3) is 3.69. The van der Waals surface area contributed by atoms with Crippen molar-refractivity contribution in [2.45, 2.75) is 19.0 Å². The second-order valence-electron chi connectivity index (χ2n) is 5.74. The number of carbonyl (C=O) groups excluding carboxylic acids is 1. The molecule has 0 unspecified atom stereocenters. The number of fused-ring (bicyclic) bond motifs is 1. The van der Waals surface area contributed by atoms with Gasteiger partial charge in [-0.1, -0.05) is 18.2 Å². The van der Waals surface area contributed by atoms with E-state index >= 15 is 0 Å². The summed E-state index contributed by atoms with van der Waals surface area (Å²) in [5.41, 5.74) is 2.07. The summed E-state index contributed by atoms with van der Waals surface area (Å²) in [6, 6.07) is 12.6. The number of anilines is 2. The van der Waals surface area contributed by atoms with Crippen molar-refractivity contribution in [3.8, 4) is 0 Å². The quantitative estimate of drug-likeness (QED) is 0.913. The normalized spacial score (nSPS) is 13.7. The van der Waals surface area contributed by atoms with Crippen molar-refractivity contribution in [2.75, 3.05) is 23.3 Å². The number of benzene rings is 2. The van der Waals surface area contributed by atoms with Crippen LogP contribution in [0, 0.1) is 0 Å². The predicted molar refractivity (Wildman–Crippen MR) is 87.0 cm³/mol. The summed E-state index contributed by atoms with van der Waals surface area (Å²) in [6.45, 7) is 1.47. The Morgan fingerprint density at radius 3 is 2.50 bits per heavy atom. The van der Waals surface area contributed by atoms with Crippen molar-refractivity contribution < 1.29 is 18.0 Å². The van der Waals surface area contributed by atoms with Crippen LogP contribution in [0.25, 0.3) is 0 Å². The van der Waals surface area contributed by atoms with E-state index in [1.54, 1.807) is 0 Å². The summed E-state index contributed by atoms with van der Waals surface area (Å²) >= 11 is 0. The number of carbonyl (C=O) groups is 1. The third-order valence-electron chi connectivity index (χ3n) is 4.09. The van der Waals surface area contributed by atoms with E-state index < -0.39 is 11.7 Å². The average Bonchev–Trinajstić information content (AvgIpc) is 2.96. The molecule has 24 heavy (non-hydrogen) atoms. The van der Waals surface area contributed by atoms with E-state index in [0.29, 0.717) is 12.2 Å². The lowest BCUT2D eigenvalue weighted by molar-refractivity contribution is -0.137. The minimum atomic E-state index is -4.37. The molecular formula is C18H17F3N2O. The Labute approximate surface area is 138 Å². The molecule has 2 aromatic carbocycles. The second-order valence-corrected chi connectivity index (χ2v) is 5.74. The number of nitrogens with one attached hydrogen (secondary N) is 1. The average molecular weight is 334 g/mol. The van der Waals surface area contributed by atoms with Crippen molar-refractivity contribution in [1.29, 1.82) is 0 Å². The Morgan fingerprint density at radius 2 is 1.79 bits per heavy atom. The zero-order chi connectivity index (χ0) is 17.2. The number of nitrogens with zero attached hydrogens (tertiary/aromatic N) is 1. The number of halogens is 3. The van der Waals surface area contributed by atoms with Crippen molar-refractivity contribution >= 4 is 17.3 Å². The summed E-state index contributed by atoms with van der Waals surface area (Å²) in [4.78, 5) is 14.2. The first-order valence-corrected chi connectivity index (χ1v) is 7.73. The molecule has 1 aliphatic rings. The molecule has 0 aromatic heterocycles. The molecule has 0 atom stereocenters. The van der Waals surface area contributed by atoms with Crippen molar-refractivity contribution in [1.82, 2.24) is 0 Å². The molecule has 0 saturated carbocycles. The summed E-state index contributed by atoms with van der Waals surface area (Å²) in [6.07, 6.45) is -3.11. The van der Waals surface area contributed by atoms with Crippen LogP contribution in [0.15, 0.2) is 48.5 Å². The molecule has 1 aliphatic heterocycles. The van der Waals surface area contributed by atoms with Gasteiger partial charge in [-0.05, 0) is 42.3 Å². The molecule has 0 fully saturated rings. The lowest BCUT2D eigenvalue weighted by Crippen LogP contribution is -2.26. The highest BCUT2D eigenvalue weighted by molar-refractivity contribution is 5.91. The zero-order valence-electron chi connectivity index (χ0n) is 12.9. The van der Waals surface area contributed by atoms with Gasteiger partial charge in [0, 0.05) is 30.9 Å². The van der Waals surface area contributed by atoms with E-state index in [1.165, 1.54) is 17.7 Å². The molecule has 0 radical (unpaired) electrons. The Balaban J connectivity index is 1.53. The number of hydrogen-bond acceptors (Lipinski definition) is 2. The van der Waals surface area contributed by atoms with Gasteiger partial charge in [-0.15, -0.1) is 0 Å². The smallest absolute Gasteiger partial charge is 0.370 e. The summed E-state index contributed by atoms with van der Waals surface area (Å²) < 4.78 is 37.5. The number of amides is 1. The van der Waals surface area contributed by atoms with Gasteiger partial charge in [0.2, 0.25) is 5.91 Å². The van der Waals surface area contributed by atoms with Gasteiger partial charge < -0.3 is 10.2 Å². The van der Waals surface area contributed by atoms with Gasteiger partial charge >= 0.3 is 6.18 Å². The molecule has 3 nitrogen and oxygen atoms in total. The number of rotatable bonds is 4. The molecule has 0 saturated heterocycles. The van der Waals surface area contributed by atoms with E-state index in [1.807, 2.05) is 18.2 Å². The highest BCUT2D eigenvalue weighted by atomic mass is 19.4. The van der Waals surface area contributed by atoms with Gasteiger partial charge in [0.1, 0.15) is 0 Å². The maximum absolute atomic E-state index is 12.5. The van der Waals surface area contributed by atoms with Crippen LogP contribution in [0.1, 0.15) is 17.5 Å².